The highest BCUT2D eigenvalue weighted by Crippen LogP contribution is 2.35. The van der Waals surface area contributed by atoms with Crippen molar-refractivity contribution in [3.63, 3.8) is 0 Å². The maximum Gasteiger partial charge on any atom is 0.274 e. The van der Waals surface area contributed by atoms with Gasteiger partial charge in [0.05, 0.1) is 5.69 Å². The van der Waals surface area contributed by atoms with Gasteiger partial charge in [-0.2, -0.15) is 0 Å². The van der Waals surface area contributed by atoms with E-state index in [0.717, 1.165) is 9.79 Å². The molecule has 0 radical (unpaired) electrons. The van der Waals surface area contributed by atoms with Crippen molar-refractivity contribution >= 4 is 35.0 Å². The van der Waals surface area contributed by atoms with Crippen LogP contribution >= 0.6 is 23.4 Å². The Labute approximate surface area is 147 Å². The lowest BCUT2D eigenvalue weighted by Crippen LogP contribution is -2.13. The van der Waals surface area contributed by atoms with Gasteiger partial charge in [-0.1, -0.05) is 29.4 Å². The second-order valence-electron chi connectivity index (χ2n) is 4.87. The maximum atomic E-state index is 13.0. The molecule has 0 bridgehead atoms. The third-order valence-corrected chi connectivity index (χ3v) is 4.45. The molecule has 3 aromatic rings. The second-order valence-corrected chi connectivity index (χ2v) is 6.42. The van der Waals surface area contributed by atoms with Gasteiger partial charge in [0.15, 0.2) is 0 Å². The molecule has 0 fully saturated rings. The lowest BCUT2D eigenvalue weighted by molar-refractivity contribution is 0.102. The van der Waals surface area contributed by atoms with Gasteiger partial charge in [-0.3, -0.25) is 9.78 Å². The van der Waals surface area contributed by atoms with Crippen molar-refractivity contribution in [1.82, 2.24) is 4.98 Å². The summed E-state index contributed by atoms with van der Waals surface area (Å²) in [5, 5.41) is 3.33. The van der Waals surface area contributed by atoms with Crippen LogP contribution in [-0.2, 0) is 0 Å². The minimum atomic E-state index is -0.321. The van der Waals surface area contributed by atoms with E-state index in [9.17, 15) is 9.18 Å². The molecule has 1 amide bonds. The third kappa shape index (κ3) is 4.13. The molecule has 3 rings (SSSR count). The number of benzene rings is 2. The van der Waals surface area contributed by atoms with Crippen molar-refractivity contribution in [2.75, 3.05) is 5.32 Å². The zero-order valence-corrected chi connectivity index (χ0v) is 13.9. The largest absolute Gasteiger partial charge is 0.320 e. The number of halogens is 2. The number of pyridine rings is 1. The highest BCUT2D eigenvalue weighted by molar-refractivity contribution is 7.99. The lowest BCUT2D eigenvalue weighted by Gasteiger charge is -2.11. The van der Waals surface area contributed by atoms with Crippen molar-refractivity contribution in [3.05, 3.63) is 83.4 Å². The molecule has 0 saturated carbocycles. The molecule has 0 unspecified atom stereocenters. The number of amides is 1. The van der Waals surface area contributed by atoms with E-state index in [1.54, 1.807) is 48.7 Å². The summed E-state index contributed by atoms with van der Waals surface area (Å²) < 4.78 is 13.0. The molecular formula is C18H12ClFN2OS. The Kier molecular flexibility index (Phi) is 5.13. The molecule has 6 heteroatoms. The summed E-state index contributed by atoms with van der Waals surface area (Å²) >= 11 is 7.45. The fraction of sp³-hybridized carbons (Fsp3) is 0. The van der Waals surface area contributed by atoms with Crippen molar-refractivity contribution in [3.8, 4) is 0 Å². The number of nitrogens with one attached hydrogen (secondary N) is 1. The van der Waals surface area contributed by atoms with Gasteiger partial charge in [0, 0.05) is 21.0 Å². The summed E-state index contributed by atoms with van der Waals surface area (Å²) in [6.07, 6.45) is 1.56. The highest BCUT2D eigenvalue weighted by Gasteiger charge is 2.12. The van der Waals surface area contributed by atoms with E-state index < -0.39 is 0 Å². The molecule has 120 valence electrons. The standard InChI is InChI=1S/C18H12ClFN2OS/c19-12-4-9-17(24-14-7-5-13(20)6-8-14)16(11-12)22-18(23)15-3-1-2-10-21-15/h1-11H,(H,22,23). The van der Waals surface area contributed by atoms with E-state index in [1.807, 2.05) is 6.07 Å². The molecule has 2 aromatic carbocycles. The molecule has 1 N–H and O–H groups in total. The fourth-order valence-electron chi connectivity index (χ4n) is 2.00. The summed E-state index contributed by atoms with van der Waals surface area (Å²) in [4.78, 5) is 18.0. The van der Waals surface area contributed by atoms with Crippen LogP contribution in [0.2, 0.25) is 5.02 Å². The summed E-state index contributed by atoms with van der Waals surface area (Å²) in [7, 11) is 0. The van der Waals surface area contributed by atoms with E-state index in [-0.39, 0.29) is 11.7 Å². The number of nitrogens with zero attached hydrogens (tertiary/aromatic N) is 1. The van der Waals surface area contributed by atoms with Crippen molar-refractivity contribution in [2.45, 2.75) is 9.79 Å². The van der Waals surface area contributed by atoms with Crippen molar-refractivity contribution in [2.24, 2.45) is 0 Å². The molecular weight excluding hydrogens is 347 g/mol. The summed E-state index contributed by atoms with van der Waals surface area (Å²) in [5.74, 6) is -0.613. The first-order valence-corrected chi connectivity index (χ1v) is 8.26. The zero-order chi connectivity index (χ0) is 16.9. The SMILES string of the molecule is O=C(Nc1cc(Cl)ccc1Sc1ccc(F)cc1)c1ccccn1. The van der Waals surface area contributed by atoms with Crippen LogP contribution in [0.3, 0.4) is 0 Å². The minimum Gasteiger partial charge on any atom is -0.320 e. The van der Waals surface area contributed by atoms with Gasteiger partial charge in [-0.15, -0.1) is 0 Å². The Morgan fingerprint density at radius 3 is 2.58 bits per heavy atom. The molecule has 1 aromatic heterocycles. The Bertz CT molecular complexity index is 857. The van der Waals surface area contributed by atoms with Crippen molar-refractivity contribution < 1.29 is 9.18 Å². The van der Waals surface area contributed by atoms with E-state index in [2.05, 4.69) is 10.3 Å². The topological polar surface area (TPSA) is 42.0 Å². The Balaban J connectivity index is 1.85. The third-order valence-electron chi connectivity index (χ3n) is 3.13. The summed E-state index contributed by atoms with van der Waals surface area (Å²) in [5.41, 5.74) is 0.891. The van der Waals surface area contributed by atoms with Crippen LogP contribution < -0.4 is 5.32 Å². The summed E-state index contributed by atoms with van der Waals surface area (Å²) in [6.45, 7) is 0. The van der Waals surface area contributed by atoms with E-state index in [1.165, 1.54) is 23.9 Å². The molecule has 0 aliphatic carbocycles. The monoisotopic (exact) mass is 358 g/mol. The molecule has 3 nitrogen and oxygen atoms in total. The van der Waals surface area contributed by atoms with Crippen LogP contribution in [0.1, 0.15) is 10.5 Å². The van der Waals surface area contributed by atoms with Crippen LogP contribution in [0, 0.1) is 5.82 Å². The molecule has 1 heterocycles. The molecule has 0 spiro atoms. The molecule has 24 heavy (non-hydrogen) atoms. The molecule has 0 saturated heterocycles. The smallest absolute Gasteiger partial charge is 0.274 e. The Morgan fingerprint density at radius 2 is 1.88 bits per heavy atom. The summed E-state index contributed by atoms with van der Waals surface area (Å²) in [6, 6.07) is 16.5. The van der Waals surface area contributed by atoms with E-state index >= 15 is 0 Å². The molecule has 0 aliphatic rings. The number of hydrogen-bond donors (Lipinski definition) is 1. The van der Waals surface area contributed by atoms with E-state index in [4.69, 9.17) is 11.6 Å². The number of carbonyl (C=O) groups is 1. The predicted octanol–water partition coefficient (Wildman–Crippen LogP) is 5.28. The normalized spacial score (nSPS) is 10.4. The predicted molar refractivity (Wildman–Crippen MR) is 94.2 cm³/mol. The first-order chi connectivity index (χ1) is 11.6. The highest BCUT2D eigenvalue weighted by atomic mass is 35.5. The van der Waals surface area contributed by atoms with Crippen LogP contribution in [0.15, 0.2) is 76.7 Å². The average Bonchev–Trinajstić information content (AvgIpc) is 2.60. The quantitative estimate of drug-likeness (QED) is 0.690. The number of hydrogen-bond acceptors (Lipinski definition) is 3. The van der Waals surface area contributed by atoms with Gasteiger partial charge in [-0.05, 0) is 54.6 Å². The van der Waals surface area contributed by atoms with Gasteiger partial charge in [0.1, 0.15) is 11.5 Å². The first-order valence-electron chi connectivity index (χ1n) is 7.07. The Hall–Kier alpha value is -2.37. The zero-order valence-electron chi connectivity index (χ0n) is 12.4. The number of aromatic nitrogens is 1. The number of anilines is 1. The lowest BCUT2D eigenvalue weighted by atomic mass is 10.3. The van der Waals surface area contributed by atoms with Crippen LogP contribution in [0.25, 0.3) is 0 Å². The second kappa shape index (κ2) is 7.47. The number of rotatable bonds is 4. The minimum absolute atomic E-state index is 0.292. The first kappa shape index (κ1) is 16.5. The maximum absolute atomic E-state index is 13.0. The van der Waals surface area contributed by atoms with E-state index in [0.29, 0.717) is 16.4 Å². The van der Waals surface area contributed by atoms with Gasteiger partial charge in [0.2, 0.25) is 0 Å². The Morgan fingerprint density at radius 1 is 1.08 bits per heavy atom. The van der Waals surface area contributed by atoms with Gasteiger partial charge in [-0.25, -0.2) is 4.39 Å². The van der Waals surface area contributed by atoms with Gasteiger partial charge in [0.25, 0.3) is 5.91 Å². The van der Waals surface area contributed by atoms with Crippen molar-refractivity contribution in [1.29, 1.82) is 0 Å². The van der Waals surface area contributed by atoms with Crippen LogP contribution in [-0.4, -0.2) is 10.9 Å². The van der Waals surface area contributed by atoms with Gasteiger partial charge >= 0.3 is 0 Å². The van der Waals surface area contributed by atoms with Gasteiger partial charge < -0.3 is 5.32 Å². The van der Waals surface area contributed by atoms with Crippen LogP contribution in [0.4, 0.5) is 10.1 Å². The molecule has 0 aliphatic heterocycles. The molecule has 0 atom stereocenters. The number of carbonyl (C=O) groups excluding carboxylic acids is 1. The van der Waals surface area contributed by atoms with Crippen LogP contribution in [0.5, 0.6) is 0 Å². The average molecular weight is 359 g/mol. The fourth-order valence-corrected chi connectivity index (χ4v) is 3.06.